The molecule has 0 radical (unpaired) electrons. The molecule has 3 heteroatoms. The monoisotopic (exact) mass is 425 g/mol. The van der Waals surface area contributed by atoms with E-state index in [0.717, 1.165) is 49.0 Å². The molecule has 3 aromatic carbocycles. The molecule has 1 saturated heterocycles. The standard InChI is InChI=1S/C29H31NO2/c1-21-14-24(23-10-6-3-7-11-23)12-13-27(21)28(31)20-30-18-25-16-29(32,17-26(25)19-30)15-22-8-4-2-5-9-22/h2-14,25-26,32H,15-20H2,1H3/t25-,26+,29+. The first-order valence-corrected chi connectivity index (χ1v) is 11.7. The SMILES string of the molecule is Cc1cc(-c2ccccc2)ccc1C(=O)CN1C[C@@H]2C[C@](O)(Cc3ccccc3)C[C@@H]2C1. The molecule has 164 valence electrons. The van der Waals surface area contributed by atoms with Crippen LogP contribution in [0.25, 0.3) is 11.1 Å². The normalized spacial score (nSPS) is 25.1. The lowest BCUT2D eigenvalue weighted by molar-refractivity contribution is 0.0355. The van der Waals surface area contributed by atoms with Gasteiger partial charge >= 0.3 is 0 Å². The van der Waals surface area contributed by atoms with Gasteiger partial charge in [-0.3, -0.25) is 9.69 Å². The fourth-order valence-corrected chi connectivity index (χ4v) is 5.88. The Balaban J connectivity index is 1.19. The third-order valence-corrected chi connectivity index (χ3v) is 7.31. The van der Waals surface area contributed by atoms with Crippen LogP contribution < -0.4 is 0 Å². The van der Waals surface area contributed by atoms with Gasteiger partial charge in [-0.1, -0.05) is 78.9 Å². The molecule has 0 aromatic heterocycles. The minimum Gasteiger partial charge on any atom is -0.390 e. The summed E-state index contributed by atoms with van der Waals surface area (Å²) in [5.74, 6) is 1.16. The number of carbonyl (C=O) groups excluding carboxylic acids is 1. The average molecular weight is 426 g/mol. The van der Waals surface area contributed by atoms with Gasteiger partial charge in [-0.05, 0) is 53.9 Å². The smallest absolute Gasteiger partial charge is 0.177 e. The van der Waals surface area contributed by atoms with E-state index in [9.17, 15) is 9.90 Å². The van der Waals surface area contributed by atoms with Crippen LogP contribution in [0.1, 0.15) is 34.3 Å². The molecule has 1 saturated carbocycles. The van der Waals surface area contributed by atoms with Crippen molar-refractivity contribution in [2.75, 3.05) is 19.6 Å². The largest absolute Gasteiger partial charge is 0.390 e. The van der Waals surface area contributed by atoms with Crippen molar-refractivity contribution < 1.29 is 9.90 Å². The van der Waals surface area contributed by atoms with Crippen LogP contribution in [0.3, 0.4) is 0 Å². The minimum atomic E-state index is -0.601. The van der Waals surface area contributed by atoms with Crippen LogP contribution in [-0.4, -0.2) is 41.0 Å². The lowest BCUT2D eigenvalue weighted by Gasteiger charge is -2.26. The zero-order chi connectivity index (χ0) is 22.1. The number of fused-ring (bicyclic) bond motifs is 1. The number of benzene rings is 3. The number of aryl methyl sites for hydroxylation is 1. The molecule has 2 fully saturated rings. The van der Waals surface area contributed by atoms with Gasteiger partial charge in [-0.2, -0.15) is 0 Å². The molecule has 0 unspecified atom stereocenters. The number of Topliss-reactive ketones (excluding diaryl/α,β-unsaturated/α-hetero) is 1. The van der Waals surface area contributed by atoms with Gasteiger partial charge in [0, 0.05) is 25.1 Å². The van der Waals surface area contributed by atoms with Gasteiger partial charge in [0.1, 0.15) is 0 Å². The quantitative estimate of drug-likeness (QED) is 0.555. The minimum absolute atomic E-state index is 0.196. The molecule has 5 rings (SSSR count). The van der Waals surface area contributed by atoms with E-state index in [-0.39, 0.29) is 5.78 Å². The summed E-state index contributed by atoms with van der Waals surface area (Å²) in [5.41, 5.74) is 4.78. The number of hydrogen-bond acceptors (Lipinski definition) is 3. The number of ketones is 1. The summed E-state index contributed by atoms with van der Waals surface area (Å²) in [7, 11) is 0. The van der Waals surface area contributed by atoms with Crippen molar-refractivity contribution in [2.24, 2.45) is 11.8 Å². The molecule has 2 aliphatic rings. The van der Waals surface area contributed by atoms with Crippen molar-refractivity contribution in [2.45, 2.75) is 31.8 Å². The zero-order valence-electron chi connectivity index (χ0n) is 18.7. The van der Waals surface area contributed by atoms with E-state index in [1.807, 2.05) is 49.4 Å². The maximum absolute atomic E-state index is 13.1. The average Bonchev–Trinajstić information content (AvgIpc) is 3.28. The number of likely N-dealkylation sites (tertiary alicyclic amines) is 1. The van der Waals surface area contributed by atoms with E-state index in [1.165, 1.54) is 11.1 Å². The van der Waals surface area contributed by atoms with Gasteiger partial charge in [0.05, 0.1) is 12.1 Å². The topological polar surface area (TPSA) is 40.5 Å². The molecule has 1 heterocycles. The highest BCUT2D eigenvalue weighted by Crippen LogP contribution is 2.45. The summed E-state index contributed by atoms with van der Waals surface area (Å²) in [6.45, 7) is 4.32. The van der Waals surface area contributed by atoms with Crippen molar-refractivity contribution in [1.82, 2.24) is 4.90 Å². The van der Waals surface area contributed by atoms with Crippen LogP contribution in [0, 0.1) is 18.8 Å². The van der Waals surface area contributed by atoms with Crippen molar-refractivity contribution >= 4 is 5.78 Å². The van der Waals surface area contributed by atoms with Gasteiger partial charge < -0.3 is 5.11 Å². The summed E-state index contributed by atoms with van der Waals surface area (Å²) in [6.07, 6.45) is 2.40. The molecule has 1 aliphatic carbocycles. The van der Waals surface area contributed by atoms with Crippen LogP contribution in [0.4, 0.5) is 0 Å². The van der Waals surface area contributed by atoms with Crippen molar-refractivity contribution in [3.05, 3.63) is 95.6 Å². The van der Waals surface area contributed by atoms with Gasteiger partial charge in [-0.15, -0.1) is 0 Å². The Bertz CT molecular complexity index is 1080. The Labute approximate surface area is 190 Å². The Morgan fingerprint density at radius 1 is 0.906 bits per heavy atom. The molecular weight excluding hydrogens is 394 g/mol. The van der Waals surface area contributed by atoms with E-state index in [0.29, 0.717) is 18.4 Å². The molecule has 0 spiro atoms. The van der Waals surface area contributed by atoms with Crippen LogP contribution in [0.2, 0.25) is 0 Å². The number of rotatable bonds is 6. The lowest BCUT2D eigenvalue weighted by Crippen LogP contribution is -2.34. The fourth-order valence-electron chi connectivity index (χ4n) is 5.88. The maximum atomic E-state index is 13.1. The predicted molar refractivity (Wildman–Crippen MR) is 129 cm³/mol. The first-order valence-electron chi connectivity index (χ1n) is 11.7. The molecule has 0 bridgehead atoms. The number of aliphatic hydroxyl groups is 1. The molecule has 3 nitrogen and oxygen atoms in total. The van der Waals surface area contributed by atoms with Crippen LogP contribution in [-0.2, 0) is 6.42 Å². The third-order valence-electron chi connectivity index (χ3n) is 7.31. The zero-order valence-corrected chi connectivity index (χ0v) is 18.7. The number of nitrogens with zero attached hydrogens (tertiary/aromatic N) is 1. The molecule has 3 atom stereocenters. The molecule has 0 amide bonds. The maximum Gasteiger partial charge on any atom is 0.177 e. The second kappa shape index (κ2) is 8.65. The molecule has 32 heavy (non-hydrogen) atoms. The summed E-state index contributed by atoms with van der Waals surface area (Å²) in [5, 5.41) is 11.2. The van der Waals surface area contributed by atoms with E-state index < -0.39 is 5.60 Å². The molecule has 1 aliphatic heterocycles. The Morgan fingerprint density at radius 3 is 2.16 bits per heavy atom. The lowest BCUT2D eigenvalue weighted by atomic mass is 9.91. The molecule has 3 aromatic rings. The summed E-state index contributed by atoms with van der Waals surface area (Å²) in [4.78, 5) is 15.4. The second-order valence-corrected chi connectivity index (χ2v) is 9.83. The predicted octanol–water partition coefficient (Wildman–Crippen LogP) is 5.16. The van der Waals surface area contributed by atoms with E-state index in [2.05, 4.69) is 41.3 Å². The van der Waals surface area contributed by atoms with E-state index in [4.69, 9.17) is 0 Å². The highest BCUT2D eigenvalue weighted by atomic mass is 16.3. The molecular formula is C29H31NO2. The van der Waals surface area contributed by atoms with Crippen LogP contribution >= 0.6 is 0 Å². The number of carbonyl (C=O) groups is 1. The van der Waals surface area contributed by atoms with Gasteiger partial charge in [0.15, 0.2) is 5.78 Å². The third kappa shape index (κ3) is 4.41. The highest BCUT2D eigenvalue weighted by Gasteiger charge is 2.48. The van der Waals surface area contributed by atoms with Crippen LogP contribution in [0.5, 0.6) is 0 Å². The van der Waals surface area contributed by atoms with Crippen molar-refractivity contribution in [3.8, 4) is 11.1 Å². The Kier molecular flexibility index (Phi) is 5.71. The van der Waals surface area contributed by atoms with Crippen LogP contribution in [0.15, 0.2) is 78.9 Å². The fraction of sp³-hybridized carbons (Fsp3) is 0.345. The van der Waals surface area contributed by atoms with Gasteiger partial charge in [0.2, 0.25) is 0 Å². The first-order chi connectivity index (χ1) is 15.5. The first kappa shape index (κ1) is 21.1. The number of hydrogen-bond donors (Lipinski definition) is 1. The van der Waals surface area contributed by atoms with E-state index >= 15 is 0 Å². The van der Waals surface area contributed by atoms with Gasteiger partial charge in [0.25, 0.3) is 0 Å². The summed E-state index contributed by atoms with van der Waals surface area (Å²) >= 11 is 0. The molecule has 1 N–H and O–H groups in total. The Hall–Kier alpha value is -2.75. The highest BCUT2D eigenvalue weighted by molar-refractivity contribution is 5.99. The Morgan fingerprint density at radius 2 is 1.53 bits per heavy atom. The van der Waals surface area contributed by atoms with E-state index in [1.54, 1.807) is 0 Å². The van der Waals surface area contributed by atoms with Crippen molar-refractivity contribution in [1.29, 1.82) is 0 Å². The summed E-state index contributed by atoms with van der Waals surface area (Å²) in [6, 6.07) is 26.7. The summed E-state index contributed by atoms with van der Waals surface area (Å²) < 4.78 is 0. The van der Waals surface area contributed by atoms with Gasteiger partial charge in [-0.25, -0.2) is 0 Å². The van der Waals surface area contributed by atoms with Crippen molar-refractivity contribution in [3.63, 3.8) is 0 Å². The second-order valence-electron chi connectivity index (χ2n) is 9.83.